The summed E-state index contributed by atoms with van der Waals surface area (Å²) >= 11 is 0. The molecule has 25 heavy (non-hydrogen) atoms. The smallest absolute Gasteiger partial charge is 0.409 e. The van der Waals surface area contributed by atoms with Gasteiger partial charge in [0.05, 0.1) is 6.61 Å². The number of piperidine rings is 1. The molecule has 144 valence electrons. The Morgan fingerprint density at radius 3 is 2.48 bits per heavy atom. The minimum absolute atomic E-state index is 0.140. The maximum absolute atomic E-state index is 11.8. The quantitative estimate of drug-likeness (QED) is 0.736. The van der Waals surface area contributed by atoms with Gasteiger partial charge in [0.15, 0.2) is 0 Å². The average molecular weight is 352 g/mol. The molecule has 0 N–H and O–H groups in total. The Balaban J connectivity index is 1.36. The van der Waals surface area contributed by atoms with Gasteiger partial charge in [0, 0.05) is 38.8 Å². The summed E-state index contributed by atoms with van der Waals surface area (Å²) in [4.78, 5) is 19.0. The first-order chi connectivity index (χ1) is 12.3. The molecule has 1 saturated carbocycles. The van der Waals surface area contributed by atoms with Gasteiger partial charge < -0.3 is 14.5 Å². The third-order valence-corrected chi connectivity index (χ3v) is 6.40. The lowest BCUT2D eigenvalue weighted by molar-refractivity contribution is 0.0423. The van der Waals surface area contributed by atoms with Crippen molar-refractivity contribution in [2.75, 3.05) is 52.4 Å². The lowest BCUT2D eigenvalue weighted by Gasteiger charge is -2.43. The van der Waals surface area contributed by atoms with Gasteiger partial charge in [0.1, 0.15) is 0 Å². The van der Waals surface area contributed by atoms with E-state index in [1.807, 2.05) is 11.8 Å². The second kappa shape index (κ2) is 9.77. The molecule has 0 radical (unpaired) electrons. The van der Waals surface area contributed by atoms with Crippen LogP contribution in [0.1, 0.15) is 58.3 Å². The molecule has 1 unspecified atom stereocenters. The van der Waals surface area contributed by atoms with E-state index in [-0.39, 0.29) is 6.09 Å². The average Bonchev–Trinajstić information content (AvgIpc) is 3.16. The second-order valence-corrected chi connectivity index (χ2v) is 8.11. The fourth-order valence-corrected chi connectivity index (χ4v) is 4.92. The lowest BCUT2D eigenvalue weighted by atomic mass is 10.00. The molecule has 0 spiro atoms. The third-order valence-electron chi connectivity index (χ3n) is 6.40. The van der Waals surface area contributed by atoms with Crippen molar-refractivity contribution in [2.45, 2.75) is 64.3 Å². The zero-order valence-electron chi connectivity index (χ0n) is 16.1. The highest BCUT2D eigenvalue weighted by atomic mass is 16.6. The van der Waals surface area contributed by atoms with Gasteiger partial charge in [0.25, 0.3) is 0 Å². The highest BCUT2D eigenvalue weighted by molar-refractivity contribution is 5.67. The Hall–Kier alpha value is -0.810. The topological polar surface area (TPSA) is 36.0 Å². The molecule has 0 aromatic carbocycles. The van der Waals surface area contributed by atoms with Crippen LogP contribution in [0.5, 0.6) is 0 Å². The van der Waals surface area contributed by atoms with Crippen molar-refractivity contribution in [2.24, 2.45) is 5.92 Å². The highest BCUT2D eigenvalue weighted by Gasteiger charge is 2.29. The Bertz CT molecular complexity index is 404. The number of carbonyl (C=O) groups excluding carboxylic acids is 1. The van der Waals surface area contributed by atoms with Crippen LogP contribution in [-0.4, -0.2) is 79.3 Å². The lowest BCUT2D eigenvalue weighted by Crippen LogP contribution is -2.56. The van der Waals surface area contributed by atoms with Crippen molar-refractivity contribution in [1.82, 2.24) is 14.7 Å². The largest absolute Gasteiger partial charge is 0.450 e. The van der Waals surface area contributed by atoms with Crippen LogP contribution in [0.25, 0.3) is 0 Å². The SMILES string of the molecule is CCOC(=O)N1CCN(C2CCCN(CCCC3CCCC3)C2)CC1. The molecule has 0 aromatic rings. The maximum Gasteiger partial charge on any atom is 0.409 e. The van der Waals surface area contributed by atoms with Crippen LogP contribution in [0, 0.1) is 5.92 Å². The van der Waals surface area contributed by atoms with Crippen molar-refractivity contribution >= 4 is 6.09 Å². The molecule has 2 aliphatic heterocycles. The number of rotatable bonds is 6. The number of amides is 1. The standard InChI is InChI=1S/C20H37N3O2/c1-2-25-20(24)23-15-13-22(14-16-23)19-10-6-12-21(17-19)11-5-9-18-7-3-4-8-18/h18-19H,2-17H2,1H3. The third kappa shape index (κ3) is 5.58. The Morgan fingerprint density at radius 2 is 1.76 bits per heavy atom. The van der Waals surface area contributed by atoms with Gasteiger partial charge in [-0.05, 0) is 51.6 Å². The van der Waals surface area contributed by atoms with Crippen molar-refractivity contribution in [3.8, 4) is 0 Å². The Kier molecular flexibility index (Phi) is 7.41. The summed E-state index contributed by atoms with van der Waals surface area (Å²) < 4.78 is 5.13. The minimum Gasteiger partial charge on any atom is -0.450 e. The molecular formula is C20H37N3O2. The summed E-state index contributed by atoms with van der Waals surface area (Å²) in [6.07, 6.45) is 11.2. The van der Waals surface area contributed by atoms with Gasteiger partial charge in [-0.2, -0.15) is 0 Å². The van der Waals surface area contributed by atoms with E-state index >= 15 is 0 Å². The zero-order chi connectivity index (χ0) is 17.5. The molecule has 3 aliphatic rings. The van der Waals surface area contributed by atoms with Gasteiger partial charge in [-0.3, -0.25) is 4.90 Å². The predicted molar refractivity (Wildman–Crippen MR) is 101 cm³/mol. The van der Waals surface area contributed by atoms with E-state index in [9.17, 15) is 4.79 Å². The fraction of sp³-hybridized carbons (Fsp3) is 0.950. The first kappa shape index (κ1) is 19.0. The molecule has 0 bridgehead atoms. The van der Waals surface area contributed by atoms with Crippen LogP contribution in [0.4, 0.5) is 4.79 Å². The molecular weight excluding hydrogens is 314 g/mol. The highest BCUT2D eigenvalue weighted by Crippen LogP contribution is 2.28. The van der Waals surface area contributed by atoms with E-state index in [2.05, 4.69) is 9.80 Å². The number of hydrogen-bond donors (Lipinski definition) is 0. The Morgan fingerprint density at radius 1 is 1.00 bits per heavy atom. The number of ether oxygens (including phenoxy) is 1. The van der Waals surface area contributed by atoms with Crippen LogP contribution in [0.3, 0.4) is 0 Å². The second-order valence-electron chi connectivity index (χ2n) is 8.11. The normalized spacial score (nSPS) is 26.9. The minimum atomic E-state index is -0.140. The predicted octanol–water partition coefficient (Wildman–Crippen LogP) is 3.20. The maximum atomic E-state index is 11.8. The molecule has 3 fully saturated rings. The molecule has 3 rings (SSSR count). The molecule has 1 amide bonds. The van der Waals surface area contributed by atoms with Crippen LogP contribution in [0.2, 0.25) is 0 Å². The van der Waals surface area contributed by atoms with Crippen LogP contribution in [-0.2, 0) is 4.74 Å². The first-order valence-electron chi connectivity index (χ1n) is 10.6. The summed E-state index contributed by atoms with van der Waals surface area (Å²) in [5.74, 6) is 1.02. The summed E-state index contributed by atoms with van der Waals surface area (Å²) in [6, 6.07) is 0.685. The fourth-order valence-electron chi connectivity index (χ4n) is 4.92. The van der Waals surface area contributed by atoms with Crippen LogP contribution >= 0.6 is 0 Å². The monoisotopic (exact) mass is 351 g/mol. The number of likely N-dealkylation sites (tertiary alicyclic amines) is 1. The van der Waals surface area contributed by atoms with Crippen LogP contribution < -0.4 is 0 Å². The van der Waals surface area contributed by atoms with E-state index in [0.717, 1.165) is 32.1 Å². The first-order valence-corrected chi connectivity index (χ1v) is 10.6. The van der Waals surface area contributed by atoms with E-state index in [1.54, 1.807) is 0 Å². The summed E-state index contributed by atoms with van der Waals surface area (Å²) in [7, 11) is 0. The molecule has 1 aliphatic carbocycles. The van der Waals surface area contributed by atoms with Gasteiger partial charge in [-0.25, -0.2) is 4.79 Å². The Labute approximate surface area is 153 Å². The zero-order valence-corrected chi connectivity index (χ0v) is 16.1. The van der Waals surface area contributed by atoms with Crippen molar-refractivity contribution in [3.05, 3.63) is 0 Å². The number of nitrogens with zero attached hydrogens (tertiary/aromatic N) is 3. The molecule has 2 heterocycles. The van der Waals surface area contributed by atoms with E-state index in [0.29, 0.717) is 12.6 Å². The van der Waals surface area contributed by atoms with Crippen LogP contribution in [0.15, 0.2) is 0 Å². The number of piperazine rings is 1. The number of carbonyl (C=O) groups is 1. The summed E-state index contributed by atoms with van der Waals surface area (Å²) in [5, 5.41) is 0. The van der Waals surface area contributed by atoms with Gasteiger partial charge in [-0.15, -0.1) is 0 Å². The molecule has 5 nitrogen and oxygen atoms in total. The van der Waals surface area contributed by atoms with E-state index in [1.165, 1.54) is 71.0 Å². The van der Waals surface area contributed by atoms with Crippen molar-refractivity contribution < 1.29 is 9.53 Å². The molecule has 2 saturated heterocycles. The molecule has 5 heteroatoms. The van der Waals surface area contributed by atoms with Crippen molar-refractivity contribution in [3.63, 3.8) is 0 Å². The molecule has 0 aromatic heterocycles. The van der Waals surface area contributed by atoms with Gasteiger partial charge in [0.2, 0.25) is 0 Å². The molecule has 1 atom stereocenters. The van der Waals surface area contributed by atoms with Crippen molar-refractivity contribution in [1.29, 1.82) is 0 Å². The van der Waals surface area contributed by atoms with Gasteiger partial charge in [-0.1, -0.05) is 25.7 Å². The summed E-state index contributed by atoms with van der Waals surface area (Å²) in [5.41, 5.74) is 0. The van der Waals surface area contributed by atoms with E-state index < -0.39 is 0 Å². The number of hydrogen-bond acceptors (Lipinski definition) is 4. The summed E-state index contributed by atoms with van der Waals surface area (Å²) in [6.45, 7) is 9.77. The van der Waals surface area contributed by atoms with Gasteiger partial charge >= 0.3 is 6.09 Å². The van der Waals surface area contributed by atoms with E-state index in [4.69, 9.17) is 4.74 Å².